The predicted molar refractivity (Wildman–Crippen MR) is 120 cm³/mol. The molecule has 32 heavy (non-hydrogen) atoms. The first-order valence-electron chi connectivity index (χ1n) is 10.5. The number of amides is 1. The first kappa shape index (κ1) is 23.7. The lowest BCUT2D eigenvalue weighted by molar-refractivity contribution is 0.0730. The van der Waals surface area contributed by atoms with Gasteiger partial charge in [-0.15, -0.1) is 0 Å². The van der Waals surface area contributed by atoms with E-state index < -0.39 is 10.0 Å². The molecule has 170 valence electrons. The number of morpholine rings is 1. The van der Waals surface area contributed by atoms with E-state index in [0.29, 0.717) is 36.8 Å². The largest absolute Gasteiger partial charge is 0.494 e. The van der Waals surface area contributed by atoms with Crippen LogP contribution in [0.15, 0.2) is 47.4 Å². The molecule has 0 bridgehead atoms. The van der Waals surface area contributed by atoms with Crippen LogP contribution < -0.4 is 9.64 Å². The maximum absolute atomic E-state index is 13.5. The quantitative estimate of drug-likeness (QED) is 0.604. The highest BCUT2D eigenvalue weighted by Crippen LogP contribution is 2.25. The Hall–Kier alpha value is -2.93. The molecule has 1 heterocycles. The first-order chi connectivity index (χ1) is 15.4. The van der Waals surface area contributed by atoms with E-state index in [0.717, 1.165) is 0 Å². The summed E-state index contributed by atoms with van der Waals surface area (Å²) in [7, 11) is -3.74. The molecule has 0 radical (unpaired) electrons. The Morgan fingerprint density at radius 1 is 1.19 bits per heavy atom. The molecule has 0 saturated carbocycles. The second-order valence-electron chi connectivity index (χ2n) is 7.29. The molecule has 8 nitrogen and oxygen atoms in total. The van der Waals surface area contributed by atoms with Gasteiger partial charge in [0.15, 0.2) is 0 Å². The lowest BCUT2D eigenvalue weighted by Crippen LogP contribution is -2.40. The number of nitriles is 1. The lowest BCUT2D eigenvalue weighted by Gasteiger charge is -2.27. The van der Waals surface area contributed by atoms with E-state index in [9.17, 15) is 13.2 Å². The summed E-state index contributed by atoms with van der Waals surface area (Å²) in [5.41, 5.74) is 1.55. The summed E-state index contributed by atoms with van der Waals surface area (Å²) >= 11 is 0. The van der Waals surface area contributed by atoms with Crippen molar-refractivity contribution in [3.05, 3.63) is 53.6 Å². The third-order valence-corrected chi connectivity index (χ3v) is 7.09. The van der Waals surface area contributed by atoms with Crippen LogP contribution in [0.5, 0.6) is 5.75 Å². The second kappa shape index (κ2) is 10.6. The number of carbonyl (C=O) groups is 1. The molecule has 0 N–H and O–H groups in total. The monoisotopic (exact) mass is 457 g/mol. The summed E-state index contributed by atoms with van der Waals surface area (Å²) in [6, 6.07) is 13.7. The van der Waals surface area contributed by atoms with Gasteiger partial charge in [0.2, 0.25) is 10.0 Å². The third kappa shape index (κ3) is 5.27. The molecule has 0 aliphatic carbocycles. The number of anilines is 1. The summed E-state index contributed by atoms with van der Waals surface area (Å²) in [4.78, 5) is 15.1. The summed E-state index contributed by atoms with van der Waals surface area (Å²) < 4.78 is 38.2. The van der Waals surface area contributed by atoms with Crippen LogP contribution in [-0.4, -0.2) is 58.1 Å². The van der Waals surface area contributed by atoms with Crippen molar-refractivity contribution >= 4 is 21.6 Å². The smallest absolute Gasteiger partial charge is 0.258 e. The third-order valence-electron chi connectivity index (χ3n) is 5.20. The number of hydrogen-bond acceptors (Lipinski definition) is 6. The molecule has 1 fully saturated rings. The van der Waals surface area contributed by atoms with Gasteiger partial charge in [-0.25, -0.2) is 8.42 Å². The van der Waals surface area contributed by atoms with Gasteiger partial charge in [-0.3, -0.25) is 4.79 Å². The highest BCUT2D eigenvalue weighted by Gasteiger charge is 2.28. The molecule has 3 rings (SSSR count). The predicted octanol–water partition coefficient (Wildman–Crippen LogP) is 2.98. The van der Waals surface area contributed by atoms with Gasteiger partial charge in [-0.1, -0.05) is 6.07 Å². The van der Waals surface area contributed by atoms with Gasteiger partial charge in [0.25, 0.3) is 5.91 Å². The van der Waals surface area contributed by atoms with Crippen LogP contribution in [0.3, 0.4) is 0 Å². The fraction of sp³-hybridized carbons (Fsp3) is 0.391. The van der Waals surface area contributed by atoms with Gasteiger partial charge in [0.1, 0.15) is 5.75 Å². The van der Waals surface area contributed by atoms with Gasteiger partial charge in [0, 0.05) is 30.9 Å². The average molecular weight is 458 g/mol. The zero-order chi connectivity index (χ0) is 23.1. The zero-order valence-electron chi connectivity index (χ0n) is 18.3. The minimum absolute atomic E-state index is 0.0697. The Bertz CT molecular complexity index is 1090. The van der Waals surface area contributed by atoms with Crippen LogP contribution >= 0.6 is 0 Å². The zero-order valence-corrected chi connectivity index (χ0v) is 19.1. The van der Waals surface area contributed by atoms with Gasteiger partial charge >= 0.3 is 0 Å². The highest BCUT2D eigenvalue weighted by molar-refractivity contribution is 7.89. The van der Waals surface area contributed by atoms with E-state index in [1.165, 1.54) is 21.3 Å². The van der Waals surface area contributed by atoms with Gasteiger partial charge in [-0.2, -0.15) is 9.57 Å². The van der Waals surface area contributed by atoms with Crippen LogP contribution in [0.25, 0.3) is 0 Å². The molecule has 0 aromatic heterocycles. The van der Waals surface area contributed by atoms with Crippen LogP contribution in [-0.2, 0) is 14.8 Å². The standard InChI is InChI=1S/C23H27N3O5S/c1-3-31-20-8-6-19(7-9-20)26(12-4-11-24)23(27)22-17-21(10-5-18(22)2)32(28,29)25-13-15-30-16-14-25/h5-10,17H,3-4,12-16H2,1-2H3. The minimum atomic E-state index is -3.74. The fourth-order valence-corrected chi connectivity index (χ4v) is 4.91. The van der Waals surface area contributed by atoms with E-state index in [-0.39, 0.29) is 42.4 Å². The molecule has 1 saturated heterocycles. The molecule has 0 unspecified atom stereocenters. The molecular weight excluding hydrogens is 430 g/mol. The van der Waals surface area contributed by atoms with Crippen molar-refractivity contribution in [1.29, 1.82) is 5.26 Å². The van der Waals surface area contributed by atoms with Crippen molar-refractivity contribution in [3.8, 4) is 11.8 Å². The number of rotatable bonds is 8. The van der Waals surface area contributed by atoms with E-state index in [2.05, 4.69) is 6.07 Å². The highest BCUT2D eigenvalue weighted by atomic mass is 32.2. The lowest BCUT2D eigenvalue weighted by atomic mass is 10.1. The number of ether oxygens (including phenoxy) is 2. The number of hydrogen-bond donors (Lipinski definition) is 0. The van der Waals surface area contributed by atoms with E-state index >= 15 is 0 Å². The number of aryl methyl sites for hydroxylation is 1. The van der Waals surface area contributed by atoms with Crippen molar-refractivity contribution in [1.82, 2.24) is 4.31 Å². The van der Waals surface area contributed by atoms with Crippen molar-refractivity contribution in [2.45, 2.75) is 25.2 Å². The number of benzene rings is 2. The summed E-state index contributed by atoms with van der Waals surface area (Å²) in [6.07, 6.45) is 0.143. The summed E-state index contributed by atoms with van der Waals surface area (Å²) in [5, 5.41) is 9.08. The number of nitrogens with zero attached hydrogens (tertiary/aromatic N) is 3. The van der Waals surface area contributed by atoms with Crippen LogP contribution in [0.4, 0.5) is 5.69 Å². The van der Waals surface area contributed by atoms with Crippen molar-refractivity contribution in [3.63, 3.8) is 0 Å². The van der Waals surface area contributed by atoms with E-state index in [4.69, 9.17) is 14.7 Å². The summed E-state index contributed by atoms with van der Waals surface area (Å²) in [6.45, 7) is 5.60. The SMILES string of the molecule is CCOc1ccc(N(CCC#N)C(=O)c2cc(S(=O)(=O)N3CCOCC3)ccc2C)cc1. The molecule has 9 heteroatoms. The Morgan fingerprint density at radius 3 is 2.50 bits per heavy atom. The van der Waals surface area contributed by atoms with Crippen LogP contribution in [0.1, 0.15) is 29.3 Å². The molecule has 2 aromatic rings. The molecule has 1 amide bonds. The minimum Gasteiger partial charge on any atom is -0.494 e. The van der Waals surface area contributed by atoms with Gasteiger partial charge in [-0.05, 0) is 55.8 Å². The Balaban J connectivity index is 1.95. The Kier molecular flexibility index (Phi) is 7.85. The maximum atomic E-state index is 13.5. The van der Waals surface area contributed by atoms with E-state index in [1.807, 2.05) is 6.92 Å². The van der Waals surface area contributed by atoms with Crippen molar-refractivity contribution < 1.29 is 22.7 Å². The van der Waals surface area contributed by atoms with Gasteiger partial charge < -0.3 is 14.4 Å². The van der Waals surface area contributed by atoms with Crippen LogP contribution in [0.2, 0.25) is 0 Å². The molecular formula is C23H27N3O5S. The molecule has 1 aliphatic heterocycles. The molecule has 0 spiro atoms. The van der Waals surface area contributed by atoms with Crippen molar-refractivity contribution in [2.24, 2.45) is 0 Å². The molecule has 2 aromatic carbocycles. The average Bonchev–Trinajstić information content (AvgIpc) is 2.81. The number of carbonyl (C=O) groups excluding carboxylic acids is 1. The first-order valence-corrected chi connectivity index (χ1v) is 11.9. The second-order valence-corrected chi connectivity index (χ2v) is 9.22. The molecule has 0 atom stereocenters. The van der Waals surface area contributed by atoms with Crippen LogP contribution in [0, 0.1) is 18.3 Å². The number of sulfonamides is 1. The topological polar surface area (TPSA) is 99.9 Å². The fourth-order valence-electron chi connectivity index (χ4n) is 3.47. The summed E-state index contributed by atoms with van der Waals surface area (Å²) in [5.74, 6) is 0.319. The van der Waals surface area contributed by atoms with E-state index in [1.54, 1.807) is 37.3 Å². The normalized spacial score (nSPS) is 14.5. The maximum Gasteiger partial charge on any atom is 0.258 e. The van der Waals surface area contributed by atoms with Gasteiger partial charge in [0.05, 0.1) is 37.2 Å². The Morgan fingerprint density at radius 2 is 1.88 bits per heavy atom. The van der Waals surface area contributed by atoms with Crippen molar-refractivity contribution in [2.75, 3.05) is 44.4 Å². The Labute approximate surface area is 189 Å². The molecule has 1 aliphatic rings.